The molecular formula is C14H18FNOS. The van der Waals surface area contributed by atoms with E-state index in [1.807, 2.05) is 16.7 Å². The van der Waals surface area contributed by atoms with Gasteiger partial charge in [0, 0.05) is 29.7 Å². The van der Waals surface area contributed by atoms with Crippen molar-refractivity contribution in [1.82, 2.24) is 4.90 Å². The minimum atomic E-state index is -0.257. The van der Waals surface area contributed by atoms with Gasteiger partial charge in [0.05, 0.1) is 0 Å². The molecule has 0 aliphatic carbocycles. The summed E-state index contributed by atoms with van der Waals surface area (Å²) >= 11 is 1.93. The van der Waals surface area contributed by atoms with Crippen molar-refractivity contribution >= 4 is 17.7 Å². The van der Waals surface area contributed by atoms with Crippen molar-refractivity contribution in [3.8, 4) is 0 Å². The van der Waals surface area contributed by atoms with Gasteiger partial charge in [-0.15, -0.1) is 0 Å². The molecule has 0 saturated carbocycles. The van der Waals surface area contributed by atoms with Crippen LogP contribution in [0.1, 0.15) is 29.3 Å². The largest absolute Gasteiger partial charge is 0.337 e. The van der Waals surface area contributed by atoms with Crippen molar-refractivity contribution in [3.05, 3.63) is 35.1 Å². The number of nitrogens with zero attached hydrogens (tertiary/aromatic N) is 1. The fourth-order valence-corrected chi connectivity index (χ4v) is 3.29. The number of hydrogen-bond acceptors (Lipinski definition) is 2. The molecule has 1 heterocycles. The van der Waals surface area contributed by atoms with Gasteiger partial charge in [-0.3, -0.25) is 4.79 Å². The van der Waals surface area contributed by atoms with Crippen LogP contribution in [0.25, 0.3) is 0 Å². The van der Waals surface area contributed by atoms with Gasteiger partial charge in [0.2, 0.25) is 0 Å². The van der Waals surface area contributed by atoms with Crippen LogP contribution in [0, 0.1) is 12.7 Å². The van der Waals surface area contributed by atoms with Gasteiger partial charge >= 0.3 is 0 Å². The smallest absolute Gasteiger partial charge is 0.253 e. The molecule has 1 amide bonds. The van der Waals surface area contributed by atoms with E-state index in [0.717, 1.165) is 25.3 Å². The number of rotatable bonds is 2. The number of hydrogen-bond donors (Lipinski definition) is 0. The monoisotopic (exact) mass is 267 g/mol. The summed E-state index contributed by atoms with van der Waals surface area (Å²) in [5, 5.41) is 0.532. The van der Waals surface area contributed by atoms with Crippen molar-refractivity contribution in [1.29, 1.82) is 0 Å². The summed E-state index contributed by atoms with van der Waals surface area (Å²) in [6, 6.07) is 4.59. The lowest BCUT2D eigenvalue weighted by molar-refractivity contribution is 0.0761. The van der Waals surface area contributed by atoms with E-state index in [4.69, 9.17) is 0 Å². The molecule has 1 aliphatic rings. The standard InChI is InChI=1S/C14H18FNOS/c1-3-12-9-16(6-7-18-12)14(17)11-4-5-13(15)10(2)8-11/h4-5,8,12H,3,6-7,9H2,1-2H3. The van der Waals surface area contributed by atoms with Crippen LogP contribution in [0.15, 0.2) is 18.2 Å². The van der Waals surface area contributed by atoms with Gasteiger partial charge in [-0.1, -0.05) is 6.92 Å². The Labute approximate surface area is 112 Å². The van der Waals surface area contributed by atoms with Gasteiger partial charge in [-0.25, -0.2) is 4.39 Å². The summed E-state index contributed by atoms with van der Waals surface area (Å²) in [5.41, 5.74) is 1.12. The van der Waals surface area contributed by atoms with E-state index < -0.39 is 0 Å². The fourth-order valence-electron chi connectivity index (χ4n) is 2.11. The van der Waals surface area contributed by atoms with E-state index in [1.165, 1.54) is 6.07 Å². The van der Waals surface area contributed by atoms with Crippen LogP contribution < -0.4 is 0 Å². The Hall–Kier alpha value is -1.03. The molecule has 1 fully saturated rings. The van der Waals surface area contributed by atoms with E-state index in [-0.39, 0.29) is 11.7 Å². The van der Waals surface area contributed by atoms with Crippen molar-refractivity contribution in [3.63, 3.8) is 0 Å². The third kappa shape index (κ3) is 2.86. The predicted octanol–water partition coefficient (Wildman–Crippen LogP) is 3.10. The number of benzene rings is 1. The quantitative estimate of drug-likeness (QED) is 0.820. The van der Waals surface area contributed by atoms with Gasteiger partial charge in [-0.2, -0.15) is 11.8 Å². The maximum Gasteiger partial charge on any atom is 0.253 e. The number of carbonyl (C=O) groups excluding carboxylic acids is 1. The Morgan fingerprint density at radius 3 is 3.00 bits per heavy atom. The lowest BCUT2D eigenvalue weighted by atomic mass is 10.1. The summed E-state index contributed by atoms with van der Waals surface area (Å²) in [7, 11) is 0. The molecule has 2 nitrogen and oxygen atoms in total. The molecule has 2 rings (SSSR count). The lowest BCUT2D eigenvalue weighted by Crippen LogP contribution is -2.41. The van der Waals surface area contributed by atoms with E-state index in [0.29, 0.717) is 16.4 Å². The Balaban J connectivity index is 2.12. The first-order valence-corrected chi connectivity index (χ1v) is 7.33. The molecule has 0 spiro atoms. The van der Waals surface area contributed by atoms with Gasteiger partial charge in [-0.05, 0) is 37.1 Å². The lowest BCUT2D eigenvalue weighted by Gasteiger charge is -2.32. The summed E-state index contributed by atoms with van der Waals surface area (Å²) in [4.78, 5) is 14.2. The third-order valence-electron chi connectivity index (χ3n) is 3.29. The summed E-state index contributed by atoms with van der Waals surface area (Å²) in [6.45, 7) is 5.42. The first-order valence-electron chi connectivity index (χ1n) is 6.29. The van der Waals surface area contributed by atoms with Gasteiger partial charge < -0.3 is 4.90 Å². The molecular weight excluding hydrogens is 249 g/mol. The Morgan fingerprint density at radius 1 is 1.56 bits per heavy atom. The predicted molar refractivity (Wildman–Crippen MR) is 73.6 cm³/mol. The van der Waals surface area contributed by atoms with Crippen LogP contribution in [0.5, 0.6) is 0 Å². The van der Waals surface area contributed by atoms with Crippen LogP contribution in [0.3, 0.4) is 0 Å². The SMILES string of the molecule is CCC1CN(C(=O)c2ccc(F)c(C)c2)CCS1. The number of thioether (sulfide) groups is 1. The topological polar surface area (TPSA) is 20.3 Å². The molecule has 4 heteroatoms. The first kappa shape index (κ1) is 13.4. The molecule has 1 unspecified atom stereocenters. The average Bonchev–Trinajstić information content (AvgIpc) is 2.41. The summed E-state index contributed by atoms with van der Waals surface area (Å²) in [6.07, 6.45) is 1.08. The van der Waals surface area contributed by atoms with Crippen LogP contribution in [0.4, 0.5) is 4.39 Å². The normalized spacial score (nSPS) is 19.9. The van der Waals surface area contributed by atoms with Crippen molar-refractivity contribution < 1.29 is 9.18 Å². The van der Waals surface area contributed by atoms with E-state index >= 15 is 0 Å². The summed E-state index contributed by atoms with van der Waals surface area (Å²) < 4.78 is 13.2. The maximum absolute atomic E-state index is 13.2. The highest BCUT2D eigenvalue weighted by atomic mass is 32.2. The zero-order valence-electron chi connectivity index (χ0n) is 10.8. The Morgan fingerprint density at radius 2 is 2.33 bits per heavy atom. The van der Waals surface area contributed by atoms with E-state index in [9.17, 15) is 9.18 Å². The van der Waals surface area contributed by atoms with Gasteiger partial charge in [0.15, 0.2) is 0 Å². The summed E-state index contributed by atoms with van der Waals surface area (Å²) in [5.74, 6) is 0.758. The van der Waals surface area contributed by atoms with E-state index in [1.54, 1.807) is 19.1 Å². The van der Waals surface area contributed by atoms with Crippen LogP contribution in [-0.4, -0.2) is 34.9 Å². The van der Waals surface area contributed by atoms with Crippen LogP contribution in [-0.2, 0) is 0 Å². The molecule has 1 aromatic carbocycles. The minimum absolute atomic E-state index is 0.0249. The molecule has 0 radical (unpaired) electrons. The second-order valence-corrected chi connectivity index (χ2v) is 6.02. The molecule has 1 aromatic rings. The Kier molecular flexibility index (Phi) is 4.27. The highest BCUT2D eigenvalue weighted by Gasteiger charge is 2.24. The second kappa shape index (κ2) is 5.74. The molecule has 0 aromatic heterocycles. The zero-order chi connectivity index (χ0) is 13.1. The van der Waals surface area contributed by atoms with Crippen molar-refractivity contribution in [2.75, 3.05) is 18.8 Å². The maximum atomic E-state index is 13.2. The minimum Gasteiger partial charge on any atom is -0.337 e. The molecule has 18 heavy (non-hydrogen) atoms. The molecule has 0 bridgehead atoms. The molecule has 1 aliphatic heterocycles. The number of amides is 1. The first-order chi connectivity index (χ1) is 8.61. The number of halogens is 1. The van der Waals surface area contributed by atoms with E-state index in [2.05, 4.69) is 6.92 Å². The van der Waals surface area contributed by atoms with Crippen LogP contribution in [0.2, 0.25) is 0 Å². The Bertz CT molecular complexity index is 449. The highest BCUT2D eigenvalue weighted by Crippen LogP contribution is 2.22. The third-order valence-corrected chi connectivity index (χ3v) is 4.66. The molecule has 0 N–H and O–H groups in total. The average molecular weight is 267 g/mol. The van der Waals surface area contributed by atoms with Crippen LogP contribution >= 0.6 is 11.8 Å². The molecule has 98 valence electrons. The molecule has 1 saturated heterocycles. The highest BCUT2D eigenvalue weighted by molar-refractivity contribution is 8.00. The number of aryl methyl sites for hydroxylation is 1. The van der Waals surface area contributed by atoms with Crippen molar-refractivity contribution in [2.45, 2.75) is 25.5 Å². The molecule has 1 atom stereocenters. The zero-order valence-corrected chi connectivity index (χ0v) is 11.6. The van der Waals surface area contributed by atoms with Gasteiger partial charge in [0.1, 0.15) is 5.82 Å². The van der Waals surface area contributed by atoms with Crippen molar-refractivity contribution in [2.24, 2.45) is 0 Å². The van der Waals surface area contributed by atoms with Gasteiger partial charge in [0.25, 0.3) is 5.91 Å². The fraction of sp³-hybridized carbons (Fsp3) is 0.500. The number of carbonyl (C=O) groups is 1. The second-order valence-electron chi connectivity index (χ2n) is 4.62.